The number of piperidine rings is 1. The highest BCUT2D eigenvalue weighted by Crippen LogP contribution is 2.30. The Bertz CT molecular complexity index is 805. The third kappa shape index (κ3) is 6.22. The van der Waals surface area contributed by atoms with Crippen LogP contribution in [0.1, 0.15) is 70.7 Å². The van der Waals surface area contributed by atoms with Crippen LogP contribution in [0.2, 0.25) is 0 Å². The number of nitrogens with zero attached hydrogens (tertiary/aromatic N) is 1. The molecule has 0 aromatic heterocycles. The summed E-state index contributed by atoms with van der Waals surface area (Å²) in [7, 11) is -3.73. The highest BCUT2D eigenvalue weighted by atomic mass is 32.2. The highest BCUT2D eigenvalue weighted by molar-refractivity contribution is 7.98. The monoisotopic (exact) mass is 426 g/mol. The molecule has 1 aromatic rings. The molecule has 0 saturated carbocycles. The molecule has 28 heavy (non-hydrogen) atoms. The van der Waals surface area contributed by atoms with Gasteiger partial charge in [0.2, 0.25) is 10.0 Å². The van der Waals surface area contributed by atoms with Gasteiger partial charge in [-0.2, -0.15) is 0 Å². The normalized spacial score (nSPS) is 16.3. The third-order valence-electron chi connectivity index (χ3n) is 4.74. The molecule has 1 heterocycles. The molecule has 0 bridgehead atoms. The van der Waals surface area contributed by atoms with Crippen molar-refractivity contribution in [3.05, 3.63) is 23.8 Å². The largest absolute Gasteiger partial charge is 0.339 e. The van der Waals surface area contributed by atoms with Gasteiger partial charge in [-0.05, 0) is 69.4 Å². The lowest BCUT2D eigenvalue weighted by Gasteiger charge is -2.33. The Balaban J connectivity index is 2.33. The van der Waals surface area contributed by atoms with Crippen LogP contribution in [0.5, 0.6) is 0 Å². The molecule has 0 unspecified atom stereocenters. The molecule has 1 amide bonds. The van der Waals surface area contributed by atoms with E-state index in [1.165, 1.54) is 17.8 Å². The molecule has 5 nitrogen and oxygen atoms in total. The van der Waals surface area contributed by atoms with Gasteiger partial charge in [0.1, 0.15) is 0 Å². The van der Waals surface area contributed by atoms with E-state index in [-0.39, 0.29) is 16.2 Å². The quantitative estimate of drug-likeness (QED) is 0.679. The first-order chi connectivity index (χ1) is 12.8. The van der Waals surface area contributed by atoms with Gasteiger partial charge in [0, 0.05) is 23.5 Å². The number of sulfonamides is 1. The summed E-state index contributed by atoms with van der Waals surface area (Å²) in [6, 6.07) is 4.87. The summed E-state index contributed by atoms with van der Waals surface area (Å²) < 4.78 is 28.9. The second-order valence-electron chi connectivity index (χ2n) is 9.44. The van der Waals surface area contributed by atoms with Crippen LogP contribution < -0.4 is 4.72 Å². The van der Waals surface area contributed by atoms with Crippen molar-refractivity contribution in [2.45, 2.75) is 75.6 Å². The number of benzene rings is 1. The van der Waals surface area contributed by atoms with Crippen LogP contribution in [0.25, 0.3) is 0 Å². The van der Waals surface area contributed by atoms with Crippen LogP contribution in [0.4, 0.5) is 0 Å². The molecular weight excluding hydrogens is 392 g/mol. The Morgan fingerprint density at radius 2 is 1.71 bits per heavy atom. The van der Waals surface area contributed by atoms with Crippen LogP contribution in [-0.4, -0.2) is 44.1 Å². The van der Waals surface area contributed by atoms with E-state index < -0.39 is 15.6 Å². The lowest BCUT2D eigenvalue weighted by Crippen LogP contribution is -2.45. The van der Waals surface area contributed by atoms with Crippen molar-refractivity contribution >= 4 is 27.7 Å². The van der Waals surface area contributed by atoms with E-state index in [2.05, 4.69) is 25.5 Å². The van der Waals surface area contributed by atoms with Crippen molar-refractivity contribution in [1.82, 2.24) is 9.62 Å². The SMILES string of the molecule is CSc1ccc(S(=O)(=O)NC(C)(C)CC(C)(C)C)cc1C(=O)N1CCCCC1. The molecule has 0 atom stereocenters. The number of amides is 1. The number of likely N-dealkylation sites (tertiary alicyclic amines) is 1. The molecule has 0 spiro atoms. The summed E-state index contributed by atoms with van der Waals surface area (Å²) in [6.45, 7) is 11.5. The van der Waals surface area contributed by atoms with Gasteiger partial charge >= 0.3 is 0 Å². The minimum atomic E-state index is -3.73. The summed E-state index contributed by atoms with van der Waals surface area (Å²) in [4.78, 5) is 15.8. The number of carbonyl (C=O) groups excluding carboxylic acids is 1. The zero-order valence-electron chi connectivity index (χ0n) is 18.0. The molecule has 1 aromatic carbocycles. The van der Waals surface area contributed by atoms with Crippen LogP contribution in [0.3, 0.4) is 0 Å². The topological polar surface area (TPSA) is 66.5 Å². The summed E-state index contributed by atoms with van der Waals surface area (Å²) in [6.07, 6.45) is 5.74. The molecule has 1 saturated heterocycles. The maximum absolute atomic E-state index is 13.0. The van der Waals surface area contributed by atoms with Crippen molar-refractivity contribution in [1.29, 1.82) is 0 Å². The van der Waals surface area contributed by atoms with E-state index in [0.717, 1.165) is 37.2 Å². The molecule has 0 radical (unpaired) electrons. The minimum Gasteiger partial charge on any atom is -0.339 e. The Labute approximate surface area is 174 Å². The Hall–Kier alpha value is -1.05. The van der Waals surface area contributed by atoms with Crippen molar-refractivity contribution in [3.63, 3.8) is 0 Å². The van der Waals surface area contributed by atoms with E-state index in [0.29, 0.717) is 12.0 Å². The number of thioether (sulfide) groups is 1. The summed E-state index contributed by atoms with van der Waals surface area (Å²) in [5.41, 5.74) is -0.123. The van der Waals surface area contributed by atoms with E-state index in [4.69, 9.17) is 0 Å². The van der Waals surface area contributed by atoms with Crippen LogP contribution in [0, 0.1) is 5.41 Å². The fourth-order valence-electron chi connectivity index (χ4n) is 4.07. The third-order valence-corrected chi connectivity index (χ3v) is 7.23. The maximum atomic E-state index is 13.0. The predicted octanol–water partition coefficient (Wildman–Crippen LogP) is 4.53. The van der Waals surface area contributed by atoms with E-state index in [9.17, 15) is 13.2 Å². The summed E-state index contributed by atoms with van der Waals surface area (Å²) >= 11 is 1.47. The summed E-state index contributed by atoms with van der Waals surface area (Å²) in [5.74, 6) is -0.0740. The molecule has 158 valence electrons. The number of carbonyl (C=O) groups is 1. The lowest BCUT2D eigenvalue weighted by molar-refractivity contribution is 0.0720. The second kappa shape index (κ2) is 8.76. The van der Waals surface area contributed by atoms with Gasteiger partial charge in [0.25, 0.3) is 5.91 Å². The average molecular weight is 427 g/mol. The molecule has 1 N–H and O–H groups in total. The number of hydrogen-bond acceptors (Lipinski definition) is 4. The lowest BCUT2D eigenvalue weighted by atomic mass is 9.82. The van der Waals surface area contributed by atoms with Gasteiger partial charge in [0.15, 0.2) is 0 Å². The van der Waals surface area contributed by atoms with Crippen molar-refractivity contribution in [3.8, 4) is 0 Å². The van der Waals surface area contributed by atoms with Gasteiger partial charge in [0.05, 0.1) is 10.5 Å². The Morgan fingerprint density at radius 1 is 1.11 bits per heavy atom. The minimum absolute atomic E-state index is 0.00981. The number of nitrogens with one attached hydrogen (secondary N) is 1. The first kappa shape index (κ1) is 23.2. The van der Waals surface area contributed by atoms with Gasteiger partial charge in [-0.1, -0.05) is 20.8 Å². The second-order valence-corrected chi connectivity index (χ2v) is 12.0. The molecule has 1 aliphatic heterocycles. The van der Waals surface area contributed by atoms with Crippen molar-refractivity contribution in [2.24, 2.45) is 5.41 Å². The van der Waals surface area contributed by atoms with Gasteiger partial charge in [-0.25, -0.2) is 13.1 Å². The maximum Gasteiger partial charge on any atom is 0.255 e. The first-order valence-electron chi connectivity index (χ1n) is 9.86. The number of hydrogen-bond donors (Lipinski definition) is 1. The molecule has 2 rings (SSSR count). The predicted molar refractivity (Wildman–Crippen MR) is 116 cm³/mol. The standard InChI is InChI=1S/C21H34N2O3S2/c1-20(2,3)15-21(4,5)22-28(25,26)16-10-11-18(27-6)17(14-16)19(24)23-12-8-7-9-13-23/h10-11,14,22H,7-9,12-13,15H2,1-6H3. The van der Waals surface area contributed by atoms with Crippen LogP contribution >= 0.6 is 11.8 Å². The van der Waals surface area contributed by atoms with Gasteiger partial charge in [-0.3, -0.25) is 4.79 Å². The average Bonchev–Trinajstić information content (AvgIpc) is 2.58. The van der Waals surface area contributed by atoms with Crippen molar-refractivity contribution < 1.29 is 13.2 Å². The molecule has 0 aliphatic carbocycles. The molecule has 7 heteroatoms. The van der Waals surface area contributed by atoms with Gasteiger partial charge in [-0.15, -0.1) is 11.8 Å². The molecule has 1 fully saturated rings. The van der Waals surface area contributed by atoms with E-state index in [1.54, 1.807) is 12.1 Å². The molecule has 1 aliphatic rings. The van der Waals surface area contributed by atoms with Crippen molar-refractivity contribution in [2.75, 3.05) is 19.3 Å². The smallest absolute Gasteiger partial charge is 0.255 e. The fraction of sp³-hybridized carbons (Fsp3) is 0.667. The Morgan fingerprint density at radius 3 is 2.25 bits per heavy atom. The highest BCUT2D eigenvalue weighted by Gasteiger charge is 2.31. The van der Waals surface area contributed by atoms with Gasteiger partial charge < -0.3 is 4.90 Å². The zero-order chi connectivity index (χ0) is 21.2. The first-order valence-corrected chi connectivity index (χ1v) is 12.6. The van der Waals surface area contributed by atoms with E-state index >= 15 is 0 Å². The number of rotatable bonds is 6. The Kier molecular flexibility index (Phi) is 7.27. The fourth-order valence-corrected chi connectivity index (χ4v) is 6.08. The molecular formula is C21H34N2O3S2. The summed E-state index contributed by atoms with van der Waals surface area (Å²) in [5, 5.41) is 0. The van der Waals surface area contributed by atoms with Crippen LogP contribution in [-0.2, 0) is 10.0 Å². The van der Waals surface area contributed by atoms with Crippen LogP contribution in [0.15, 0.2) is 28.0 Å². The zero-order valence-corrected chi connectivity index (χ0v) is 19.6. The van der Waals surface area contributed by atoms with E-state index in [1.807, 2.05) is 25.0 Å².